The molecule has 0 unspecified atom stereocenters. The molecule has 22 heavy (non-hydrogen) atoms. The molecule has 0 saturated heterocycles. The number of esters is 1. The molecule has 114 valence electrons. The quantitative estimate of drug-likeness (QED) is 0.603. The number of carbonyl (C=O) groups excluding carboxylic acids is 2. The maximum absolute atomic E-state index is 12.0. The lowest BCUT2D eigenvalue weighted by atomic mass is 10.0. The highest BCUT2D eigenvalue weighted by atomic mass is 16.5. The molecule has 0 saturated carbocycles. The van der Waals surface area contributed by atoms with Gasteiger partial charge in [0.25, 0.3) is 0 Å². The number of ketones is 1. The fraction of sp³-hybridized carbons (Fsp3) is 0.222. The Hall–Kier alpha value is -2.62. The zero-order chi connectivity index (χ0) is 15.9. The van der Waals surface area contributed by atoms with Crippen LogP contribution < -0.4 is 4.74 Å². The van der Waals surface area contributed by atoms with E-state index in [1.54, 1.807) is 25.1 Å². The Morgan fingerprint density at radius 2 is 1.73 bits per heavy atom. The van der Waals surface area contributed by atoms with E-state index < -0.39 is 5.97 Å². The van der Waals surface area contributed by atoms with E-state index in [0.29, 0.717) is 17.9 Å². The van der Waals surface area contributed by atoms with Crippen molar-refractivity contribution in [1.82, 2.24) is 0 Å². The third-order valence-corrected chi connectivity index (χ3v) is 3.11. The van der Waals surface area contributed by atoms with Crippen LogP contribution >= 0.6 is 0 Å². The molecule has 0 aliphatic carbocycles. The minimum atomic E-state index is -0.516. The predicted molar refractivity (Wildman–Crippen MR) is 83.2 cm³/mol. The van der Waals surface area contributed by atoms with E-state index >= 15 is 0 Å². The minimum Gasteiger partial charge on any atom is -0.489 e. The van der Waals surface area contributed by atoms with Gasteiger partial charge in [-0.25, -0.2) is 4.79 Å². The molecule has 4 heteroatoms. The maximum atomic E-state index is 12.0. The number of benzene rings is 2. The van der Waals surface area contributed by atoms with Crippen LogP contribution in [0, 0.1) is 0 Å². The zero-order valence-electron chi connectivity index (χ0n) is 12.7. The third-order valence-electron chi connectivity index (χ3n) is 3.11. The molecule has 4 nitrogen and oxygen atoms in total. The van der Waals surface area contributed by atoms with E-state index in [4.69, 9.17) is 9.47 Å². The number of rotatable bonds is 6. The molecular weight excluding hydrogens is 280 g/mol. The number of carbonyl (C=O) groups is 2. The fourth-order valence-corrected chi connectivity index (χ4v) is 2.04. The van der Waals surface area contributed by atoms with E-state index in [9.17, 15) is 9.59 Å². The van der Waals surface area contributed by atoms with Gasteiger partial charge >= 0.3 is 5.97 Å². The van der Waals surface area contributed by atoms with Crippen molar-refractivity contribution in [2.45, 2.75) is 20.5 Å². The summed E-state index contributed by atoms with van der Waals surface area (Å²) in [6.07, 6.45) is 0. The smallest absolute Gasteiger partial charge is 0.338 e. The van der Waals surface area contributed by atoms with E-state index in [1.807, 2.05) is 30.3 Å². The molecule has 0 heterocycles. The van der Waals surface area contributed by atoms with Crippen LogP contribution in [-0.4, -0.2) is 18.4 Å². The van der Waals surface area contributed by atoms with Crippen LogP contribution in [0.5, 0.6) is 5.75 Å². The summed E-state index contributed by atoms with van der Waals surface area (Å²) < 4.78 is 10.7. The summed E-state index contributed by atoms with van der Waals surface area (Å²) in [5, 5.41) is 0. The van der Waals surface area contributed by atoms with E-state index in [1.165, 1.54) is 6.92 Å². The molecule has 0 aromatic heterocycles. The Balaban J connectivity index is 2.20. The van der Waals surface area contributed by atoms with Crippen LogP contribution in [0.15, 0.2) is 48.5 Å². The summed E-state index contributed by atoms with van der Waals surface area (Å²) >= 11 is 0. The van der Waals surface area contributed by atoms with Crippen LogP contribution in [0.3, 0.4) is 0 Å². The van der Waals surface area contributed by atoms with E-state index in [-0.39, 0.29) is 18.0 Å². The summed E-state index contributed by atoms with van der Waals surface area (Å²) in [6, 6.07) is 14.5. The Kier molecular flexibility index (Phi) is 5.31. The lowest BCUT2D eigenvalue weighted by molar-refractivity contribution is 0.0522. The molecule has 2 aromatic rings. The Bertz CT molecular complexity index is 662. The number of hydrogen-bond acceptors (Lipinski definition) is 4. The first-order valence-electron chi connectivity index (χ1n) is 7.10. The molecule has 0 aliphatic rings. The van der Waals surface area contributed by atoms with Gasteiger partial charge in [0, 0.05) is 5.56 Å². The van der Waals surface area contributed by atoms with Gasteiger partial charge < -0.3 is 9.47 Å². The molecule has 2 rings (SSSR count). The van der Waals surface area contributed by atoms with Gasteiger partial charge in [0.1, 0.15) is 12.4 Å². The van der Waals surface area contributed by atoms with Crippen molar-refractivity contribution in [1.29, 1.82) is 0 Å². The van der Waals surface area contributed by atoms with Crippen molar-refractivity contribution < 1.29 is 19.1 Å². The van der Waals surface area contributed by atoms with Gasteiger partial charge in [-0.1, -0.05) is 30.3 Å². The molecule has 0 radical (unpaired) electrons. The Labute approximate surface area is 129 Å². The van der Waals surface area contributed by atoms with Crippen molar-refractivity contribution in [2.24, 2.45) is 0 Å². The van der Waals surface area contributed by atoms with Gasteiger partial charge in [-0.05, 0) is 37.6 Å². The fourth-order valence-electron chi connectivity index (χ4n) is 2.04. The van der Waals surface area contributed by atoms with Gasteiger partial charge in [0.2, 0.25) is 0 Å². The lowest BCUT2D eigenvalue weighted by Gasteiger charge is -2.11. The number of hydrogen-bond donors (Lipinski definition) is 0. The van der Waals surface area contributed by atoms with Gasteiger partial charge in [-0.15, -0.1) is 0 Å². The zero-order valence-corrected chi connectivity index (χ0v) is 12.7. The van der Waals surface area contributed by atoms with Crippen LogP contribution in [-0.2, 0) is 11.3 Å². The third kappa shape index (κ3) is 3.95. The van der Waals surface area contributed by atoms with Crippen LogP contribution in [0.4, 0.5) is 0 Å². The van der Waals surface area contributed by atoms with Crippen molar-refractivity contribution in [3.05, 3.63) is 65.2 Å². The highest BCUT2D eigenvalue weighted by molar-refractivity contribution is 6.05. The van der Waals surface area contributed by atoms with E-state index in [2.05, 4.69) is 0 Å². The second kappa shape index (κ2) is 7.41. The second-order valence-corrected chi connectivity index (χ2v) is 4.76. The summed E-state index contributed by atoms with van der Waals surface area (Å²) in [5.74, 6) is -0.174. The van der Waals surface area contributed by atoms with Gasteiger partial charge in [0.15, 0.2) is 5.78 Å². The molecule has 0 N–H and O–H groups in total. The lowest BCUT2D eigenvalue weighted by Crippen LogP contribution is -2.11. The summed E-state index contributed by atoms with van der Waals surface area (Å²) in [5.41, 5.74) is 1.60. The monoisotopic (exact) mass is 298 g/mol. The molecule has 0 bridgehead atoms. The second-order valence-electron chi connectivity index (χ2n) is 4.76. The normalized spacial score (nSPS) is 10.1. The molecule has 0 amide bonds. The van der Waals surface area contributed by atoms with Gasteiger partial charge in [-0.3, -0.25) is 4.79 Å². The van der Waals surface area contributed by atoms with Crippen molar-refractivity contribution in [3.63, 3.8) is 0 Å². The average Bonchev–Trinajstić information content (AvgIpc) is 2.53. The molecule has 0 aliphatic heterocycles. The first kappa shape index (κ1) is 15.8. The molecule has 0 fully saturated rings. The summed E-state index contributed by atoms with van der Waals surface area (Å²) in [4.78, 5) is 23.6. The number of Topliss-reactive ketones (excluding diaryl/α,β-unsaturated/α-hetero) is 1. The van der Waals surface area contributed by atoms with Gasteiger partial charge in [0.05, 0.1) is 12.2 Å². The standard InChI is InChI=1S/C18H18O4/c1-3-21-18(20)17-11-15(9-10-16(17)13(2)19)22-12-14-7-5-4-6-8-14/h4-11H,3,12H2,1-2H3. The largest absolute Gasteiger partial charge is 0.489 e. The van der Waals surface area contributed by atoms with Crippen molar-refractivity contribution in [3.8, 4) is 5.75 Å². The van der Waals surface area contributed by atoms with Crippen molar-refractivity contribution >= 4 is 11.8 Å². The SMILES string of the molecule is CCOC(=O)c1cc(OCc2ccccc2)ccc1C(C)=O. The molecule has 0 spiro atoms. The topological polar surface area (TPSA) is 52.6 Å². The highest BCUT2D eigenvalue weighted by Crippen LogP contribution is 2.20. The Morgan fingerprint density at radius 3 is 2.36 bits per heavy atom. The first-order chi connectivity index (χ1) is 10.6. The number of ether oxygens (including phenoxy) is 2. The summed E-state index contributed by atoms with van der Waals surface area (Å²) in [6.45, 7) is 3.79. The minimum absolute atomic E-state index is 0.183. The predicted octanol–water partition coefficient (Wildman–Crippen LogP) is 3.64. The molecule has 0 atom stereocenters. The molecule has 2 aromatic carbocycles. The maximum Gasteiger partial charge on any atom is 0.338 e. The average molecular weight is 298 g/mol. The van der Waals surface area contributed by atoms with Crippen LogP contribution in [0.1, 0.15) is 40.1 Å². The Morgan fingerprint density at radius 1 is 1.00 bits per heavy atom. The van der Waals surface area contributed by atoms with Crippen LogP contribution in [0.2, 0.25) is 0 Å². The van der Waals surface area contributed by atoms with Crippen LogP contribution in [0.25, 0.3) is 0 Å². The summed E-state index contributed by atoms with van der Waals surface area (Å²) in [7, 11) is 0. The molecular formula is C18H18O4. The van der Waals surface area contributed by atoms with E-state index in [0.717, 1.165) is 5.56 Å². The highest BCUT2D eigenvalue weighted by Gasteiger charge is 2.16. The first-order valence-corrected chi connectivity index (χ1v) is 7.10. The van der Waals surface area contributed by atoms with Crippen molar-refractivity contribution in [2.75, 3.05) is 6.61 Å². The van der Waals surface area contributed by atoms with Gasteiger partial charge in [-0.2, -0.15) is 0 Å².